The number of hydrogen-bond donors (Lipinski definition) is 1. The van der Waals surface area contributed by atoms with E-state index >= 15 is 0 Å². The van der Waals surface area contributed by atoms with E-state index in [-0.39, 0.29) is 24.8 Å². The summed E-state index contributed by atoms with van der Waals surface area (Å²) in [5.41, 5.74) is 2.53. The summed E-state index contributed by atoms with van der Waals surface area (Å²) in [6.07, 6.45) is 3.91. The highest BCUT2D eigenvalue weighted by Crippen LogP contribution is 2.23. The largest absolute Gasteiger partial charge is 0.497 e. The van der Waals surface area contributed by atoms with Gasteiger partial charge in [-0.25, -0.2) is 8.42 Å². The molecule has 9 heteroatoms. The van der Waals surface area contributed by atoms with Gasteiger partial charge in [-0.3, -0.25) is 13.9 Å². The zero-order valence-electron chi connectivity index (χ0n) is 22.7. The number of rotatable bonds is 15. The first-order valence-corrected chi connectivity index (χ1v) is 14.7. The number of carbonyl (C=O) groups excluding carboxylic acids is 2. The molecule has 0 radical (unpaired) electrons. The maximum absolute atomic E-state index is 13.5. The fraction of sp³-hybridized carbons (Fsp3) is 0.500. The molecule has 0 aliphatic rings. The molecule has 204 valence electrons. The van der Waals surface area contributed by atoms with Crippen LogP contribution in [0.2, 0.25) is 0 Å². The number of carbonyl (C=O) groups is 2. The highest BCUT2D eigenvalue weighted by atomic mass is 32.2. The number of methoxy groups -OCH3 is 1. The van der Waals surface area contributed by atoms with Crippen LogP contribution >= 0.6 is 0 Å². The lowest BCUT2D eigenvalue weighted by Crippen LogP contribution is -2.49. The number of benzene rings is 2. The van der Waals surface area contributed by atoms with Gasteiger partial charge in [0.15, 0.2) is 0 Å². The first-order valence-electron chi connectivity index (χ1n) is 12.9. The van der Waals surface area contributed by atoms with Gasteiger partial charge in [0.1, 0.15) is 11.8 Å². The summed E-state index contributed by atoms with van der Waals surface area (Å²) < 4.78 is 31.4. The Kier molecular flexibility index (Phi) is 11.9. The summed E-state index contributed by atoms with van der Waals surface area (Å²) in [5, 5.41) is 2.96. The van der Waals surface area contributed by atoms with Gasteiger partial charge in [0.25, 0.3) is 0 Å². The summed E-state index contributed by atoms with van der Waals surface area (Å²) in [6, 6.07) is 14.0. The zero-order chi connectivity index (χ0) is 27.4. The molecule has 1 N–H and O–H groups in total. The summed E-state index contributed by atoms with van der Waals surface area (Å²) in [5.74, 6) is 0.292. The Labute approximate surface area is 222 Å². The van der Waals surface area contributed by atoms with Gasteiger partial charge in [-0.1, -0.05) is 44.5 Å². The van der Waals surface area contributed by atoms with Gasteiger partial charge in [0.05, 0.1) is 19.1 Å². The average Bonchev–Trinajstić information content (AvgIpc) is 2.87. The van der Waals surface area contributed by atoms with Crippen LogP contribution in [0.25, 0.3) is 0 Å². The molecular weight excluding hydrogens is 490 g/mol. The van der Waals surface area contributed by atoms with Crippen molar-refractivity contribution in [3.8, 4) is 5.75 Å². The molecule has 0 unspecified atom stereocenters. The summed E-state index contributed by atoms with van der Waals surface area (Å²) >= 11 is 0. The maximum atomic E-state index is 13.5. The average molecular weight is 532 g/mol. The van der Waals surface area contributed by atoms with E-state index in [0.717, 1.165) is 30.2 Å². The van der Waals surface area contributed by atoms with E-state index < -0.39 is 16.1 Å². The van der Waals surface area contributed by atoms with Crippen LogP contribution in [-0.2, 0) is 26.2 Å². The number of amides is 2. The van der Waals surface area contributed by atoms with Gasteiger partial charge in [-0.15, -0.1) is 0 Å². The standard InChI is InChI=1S/C28H41N3O5S/c1-6-8-19-29-28(33)26(7-2)30(21-23-13-10-9-12-22(23)3)27(32)14-11-20-31(37(5,34)35)24-15-17-25(36-4)18-16-24/h9-10,12-13,15-18,26H,6-8,11,14,19-21H2,1-5H3,(H,29,33)/t26-/m1/s1. The number of ether oxygens (including phenoxy) is 1. The quantitative estimate of drug-likeness (QED) is 0.346. The highest BCUT2D eigenvalue weighted by Gasteiger charge is 2.29. The first-order chi connectivity index (χ1) is 17.6. The summed E-state index contributed by atoms with van der Waals surface area (Å²) in [7, 11) is -2.01. The molecule has 0 aliphatic carbocycles. The smallest absolute Gasteiger partial charge is 0.242 e. The van der Waals surface area contributed by atoms with Crippen LogP contribution in [0.3, 0.4) is 0 Å². The number of unbranched alkanes of at least 4 members (excludes halogenated alkanes) is 1. The third-order valence-electron chi connectivity index (χ3n) is 6.33. The van der Waals surface area contributed by atoms with Crippen molar-refractivity contribution in [2.75, 3.05) is 30.8 Å². The molecule has 2 aromatic carbocycles. The van der Waals surface area contributed by atoms with Crippen LogP contribution in [0, 0.1) is 6.92 Å². The van der Waals surface area contributed by atoms with Crippen molar-refractivity contribution in [3.05, 3.63) is 59.7 Å². The van der Waals surface area contributed by atoms with E-state index in [2.05, 4.69) is 12.2 Å². The second kappa shape index (κ2) is 14.6. The minimum absolute atomic E-state index is 0.118. The zero-order valence-corrected chi connectivity index (χ0v) is 23.5. The molecule has 0 saturated carbocycles. The van der Waals surface area contributed by atoms with Crippen molar-refractivity contribution < 1.29 is 22.7 Å². The van der Waals surface area contributed by atoms with Crippen molar-refractivity contribution in [3.63, 3.8) is 0 Å². The number of nitrogens with one attached hydrogen (secondary N) is 1. The van der Waals surface area contributed by atoms with Crippen LogP contribution in [0.1, 0.15) is 57.1 Å². The van der Waals surface area contributed by atoms with Crippen molar-refractivity contribution in [2.24, 2.45) is 0 Å². The second-order valence-corrected chi connectivity index (χ2v) is 11.1. The van der Waals surface area contributed by atoms with Gasteiger partial charge in [0, 0.05) is 26.1 Å². The van der Waals surface area contributed by atoms with Crippen LogP contribution in [0.5, 0.6) is 5.75 Å². The van der Waals surface area contributed by atoms with Crippen molar-refractivity contribution >= 4 is 27.5 Å². The Morgan fingerprint density at radius 2 is 1.70 bits per heavy atom. The molecule has 0 aromatic heterocycles. The summed E-state index contributed by atoms with van der Waals surface area (Å²) in [4.78, 5) is 28.2. The third kappa shape index (κ3) is 9.07. The van der Waals surface area contributed by atoms with E-state index in [1.807, 2.05) is 38.1 Å². The van der Waals surface area contributed by atoms with Gasteiger partial charge < -0.3 is 15.0 Å². The lowest BCUT2D eigenvalue weighted by molar-refractivity contribution is -0.141. The Morgan fingerprint density at radius 1 is 1.03 bits per heavy atom. The van der Waals surface area contributed by atoms with E-state index in [0.29, 0.717) is 37.4 Å². The summed E-state index contributed by atoms with van der Waals surface area (Å²) in [6.45, 7) is 6.98. The molecule has 0 fully saturated rings. The first kappa shape index (κ1) is 30.2. The number of sulfonamides is 1. The minimum atomic E-state index is -3.55. The molecule has 0 aliphatic heterocycles. The predicted molar refractivity (Wildman–Crippen MR) is 148 cm³/mol. The minimum Gasteiger partial charge on any atom is -0.497 e. The highest BCUT2D eigenvalue weighted by molar-refractivity contribution is 7.92. The normalized spacial score (nSPS) is 12.0. The molecule has 1 atom stereocenters. The van der Waals surface area contributed by atoms with E-state index in [1.165, 1.54) is 4.31 Å². The van der Waals surface area contributed by atoms with Crippen LogP contribution in [0.4, 0.5) is 5.69 Å². The molecular formula is C28H41N3O5S. The Hall–Kier alpha value is -3.07. The van der Waals surface area contributed by atoms with Crippen LogP contribution < -0.4 is 14.4 Å². The van der Waals surface area contributed by atoms with Gasteiger partial charge in [-0.05, 0) is 61.6 Å². The Balaban J connectivity index is 2.20. The molecule has 37 heavy (non-hydrogen) atoms. The number of nitrogens with zero attached hydrogens (tertiary/aromatic N) is 2. The SMILES string of the molecule is CCCCNC(=O)[C@@H](CC)N(Cc1ccccc1C)C(=O)CCCN(c1ccc(OC)cc1)S(C)(=O)=O. The van der Waals surface area contributed by atoms with Crippen LogP contribution in [-0.4, -0.2) is 57.6 Å². The third-order valence-corrected chi connectivity index (χ3v) is 7.52. The monoisotopic (exact) mass is 531 g/mol. The molecule has 0 spiro atoms. The molecule has 2 rings (SSSR count). The molecule has 2 amide bonds. The molecule has 0 bridgehead atoms. The van der Waals surface area contributed by atoms with Crippen molar-refractivity contribution in [2.45, 2.75) is 65.5 Å². The fourth-order valence-electron chi connectivity index (χ4n) is 4.15. The van der Waals surface area contributed by atoms with Gasteiger partial charge in [-0.2, -0.15) is 0 Å². The topological polar surface area (TPSA) is 96.0 Å². The van der Waals surface area contributed by atoms with Crippen molar-refractivity contribution in [1.82, 2.24) is 10.2 Å². The van der Waals surface area contributed by atoms with E-state index in [9.17, 15) is 18.0 Å². The van der Waals surface area contributed by atoms with E-state index in [4.69, 9.17) is 4.74 Å². The van der Waals surface area contributed by atoms with Gasteiger partial charge in [0.2, 0.25) is 21.8 Å². The predicted octanol–water partition coefficient (Wildman–Crippen LogP) is 4.27. The second-order valence-electron chi connectivity index (χ2n) is 9.15. The molecule has 0 saturated heterocycles. The molecule has 2 aromatic rings. The fourth-order valence-corrected chi connectivity index (χ4v) is 5.11. The lowest BCUT2D eigenvalue weighted by atomic mass is 10.1. The molecule has 0 heterocycles. The lowest BCUT2D eigenvalue weighted by Gasteiger charge is -2.31. The van der Waals surface area contributed by atoms with Crippen molar-refractivity contribution in [1.29, 1.82) is 0 Å². The van der Waals surface area contributed by atoms with Gasteiger partial charge >= 0.3 is 0 Å². The number of anilines is 1. The van der Waals surface area contributed by atoms with E-state index in [1.54, 1.807) is 36.3 Å². The number of aryl methyl sites for hydroxylation is 1. The van der Waals surface area contributed by atoms with Crippen LogP contribution in [0.15, 0.2) is 48.5 Å². The Bertz CT molecular complexity index is 1120. The maximum Gasteiger partial charge on any atom is 0.242 e. The molecule has 8 nitrogen and oxygen atoms in total. The Morgan fingerprint density at radius 3 is 2.27 bits per heavy atom. The number of hydrogen-bond acceptors (Lipinski definition) is 5.